The molecule has 172 valence electrons. The van der Waals surface area contributed by atoms with Gasteiger partial charge < -0.3 is 24.9 Å². The Morgan fingerprint density at radius 2 is 1.88 bits per heavy atom. The van der Waals surface area contributed by atoms with E-state index in [4.69, 9.17) is 10.5 Å². The number of nitrogens with zero attached hydrogens (tertiary/aromatic N) is 5. The number of carbonyl (C=O) groups is 3. The van der Waals surface area contributed by atoms with Crippen LogP contribution in [-0.4, -0.2) is 60.6 Å². The molecule has 5 rings (SSSR count). The van der Waals surface area contributed by atoms with Crippen molar-refractivity contribution in [1.82, 2.24) is 29.6 Å². The molecule has 0 spiro atoms. The second kappa shape index (κ2) is 8.43. The number of aromatic amines is 1. The summed E-state index contributed by atoms with van der Waals surface area (Å²) in [5, 5.41) is 7.98. The van der Waals surface area contributed by atoms with Crippen LogP contribution in [0.5, 0.6) is 0 Å². The summed E-state index contributed by atoms with van der Waals surface area (Å²) in [5.74, 6) is 0.0336. The lowest BCUT2D eigenvalue weighted by Gasteiger charge is -2.27. The number of H-pyrrole nitrogens is 1. The Hall–Kier alpha value is -4.54. The van der Waals surface area contributed by atoms with Gasteiger partial charge in [-0.15, -0.1) is 10.2 Å². The Bertz CT molecular complexity index is 1420. The van der Waals surface area contributed by atoms with E-state index in [-0.39, 0.29) is 24.9 Å². The number of aromatic nitrogens is 5. The van der Waals surface area contributed by atoms with Crippen molar-refractivity contribution in [2.75, 3.05) is 13.2 Å². The molecule has 0 radical (unpaired) electrons. The van der Waals surface area contributed by atoms with Gasteiger partial charge in [-0.05, 0) is 31.2 Å². The highest BCUT2D eigenvalue weighted by Crippen LogP contribution is 2.24. The van der Waals surface area contributed by atoms with Crippen LogP contribution >= 0.6 is 0 Å². The van der Waals surface area contributed by atoms with E-state index in [1.165, 1.54) is 0 Å². The molecule has 11 nitrogen and oxygen atoms in total. The maximum absolute atomic E-state index is 13.1. The molecule has 11 heteroatoms. The average Bonchev–Trinajstić information content (AvgIpc) is 3.47. The normalized spacial score (nSPS) is 13.0. The molecule has 4 aromatic rings. The second-order valence-corrected chi connectivity index (χ2v) is 7.77. The van der Waals surface area contributed by atoms with Crippen molar-refractivity contribution in [1.29, 1.82) is 0 Å². The summed E-state index contributed by atoms with van der Waals surface area (Å²) < 4.78 is 6.69. The number of hydrogen-bond acceptors (Lipinski definition) is 7. The van der Waals surface area contributed by atoms with Gasteiger partial charge in [-0.3, -0.25) is 9.59 Å². The fraction of sp³-hybridized carbons (Fsp3) is 0.217. The lowest BCUT2D eigenvalue weighted by Crippen LogP contribution is -2.39. The highest BCUT2D eigenvalue weighted by atomic mass is 16.5. The summed E-state index contributed by atoms with van der Waals surface area (Å²) in [6, 6.07) is 12.2. The highest BCUT2D eigenvalue weighted by Gasteiger charge is 2.28. The molecule has 3 N–H and O–H groups in total. The zero-order valence-electron chi connectivity index (χ0n) is 18.3. The summed E-state index contributed by atoms with van der Waals surface area (Å²) in [7, 11) is 0. The Labute approximate surface area is 193 Å². The number of para-hydroxylation sites is 1. The quantitative estimate of drug-likeness (QED) is 0.432. The molecule has 0 aliphatic carbocycles. The Morgan fingerprint density at radius 3 is 2.62 bits per heavy atom. The van der Waals surface area contributed by atoms with Crippen LogP contribution in [0, 0.1) is 0 Å². The van der Waals surface area contributed by atoms with E-state index >= 15 is 0 Å². The van der Waals surface area contributed by atoms with Gasteiger partial charge in [-0.1, -0.05) is 18.2 Å². The lowest BCUT2D eigenvalue weighted by atomic mass is 10.1. The van der Waals surface area contributed by atoms with Gasteiger partial charge in [-0.2, -0.15) is 0 Å². The molecule has 3 heterocycles. The highest BCUT2D eigenvalue weighted by molar-refractivity contribution is 6.04. The predicted molar refractivity (Wildman–Crippen MR) is 121 cm³/mol. The third-order valence-corrected chi connectivity index (χ3v) is 5.68. The Balaban J connectivity index is 1.34. The standard InChI is InChI=1S/C23H21N7O4/c1-2-34-23(33)21-28-27-17-12-29(10-11-30(17)21)22(32)14-8-6-13(7-9-14)20-25-16-5-3-4-15(19(24)31)18(16)26-20/h3-9H,2,10-12H2,1H3,(H2,24,31)(H,25,26). The summed E-state index contributed by atoms with van der Waals surface area (Å²) in [5.41, 5.74) is 8.27. The fourth-order valence-corrected chi connectivity index (χ4v) is 4.00. The predicted octanol–water partition coefficient (Wildman–Crippen LogP) is 1.75. The number of fused-ring (bicyclic) bond motifs is 2. The monoisotopic (exact) mass is 459 g/mol. The van der Waals surface area contributed by atoms with Crippen molar-refractivity contribution in [2.24, 2.45) is 5.73 Å². The van der Waals surface area contributed by atoms with Crippen LogP contribution < -0.4 is 5.73 Å². The molecule has 2 amide bonds. The van der Waals surface area contributed by atoms with E-state index in [0.29, 0.717) is 46.9 Å². The number of primary amides is 1. The minimum Gasteiger partial charge on any atom is -0.460 e. The third kappa shape index (κ3) is 3.66. The van der Waals surface area contributed by atoms with Crippen LogP contribution in [0.25, 0.3) is 22.4 Å². The number of amides is 2. The number of benzene rings is 2. The van der Waals surface area contributed by atoms with E-state index < -0.39 is 11.9 Å². The molecule has 1 aliphatic rings. The number of rotatable bonds is 5. The summed E-state index contributed by atoms with van der Waals surface area (Å²) in [6.07, 6.45) is 0. The molecule has 0 saturated heterocycles. The van der Waals surface area contributed by atoms with Crippen LogP contribution in [-0.2, 0) is 17.8 Å². The number of carbonyl (C=O) groups excluding carboxylic acids is 3. The number of hydrogen-bond donors (Lipinski definition) is 2. The van der Waals surface area contributed by atoms with Gasteiger partial charge >= 0.3 is 5.97 Å². The van der Waals surface area contributed by atoms with Crippen molar-refractivity contribution < 1.29 is 19.1 Å². The molecule has 0 fully saturated rings. The summed E-state index contributed by atoms with van der Waals surface area (Å²) in [4.78, 5) is 46.1. The van der Waals surface area contributed by atoms with Crippen LogP contribution in [0.2, 0.25) is 0 Å². The van der Waals surface area contributed by atoms with Gasteiger partial charge in [0, 0.05) is 24.2 Å². The first kappa shape index (κ1) is 21.3. The number of imidazole rings is 1. The number of esters is 1. The number of nitrogens with one attached hydrogen (secondary N) is 1. The molecule has 0 bridgehead atoms. The Kier molecular flexibility index (Phi) is 5.28. The van der Waals surface area contributed by atoms with Crippen molar-refractivity contribution in [2.45, 2.75) is 20.0 Å². The molecule has 34 heavy (non-hydrogen) atoms. The molecule has 2 aromatic heterocycles. The van der Waals surface area contributed by atoms with Gasteiger partial charge in [0.25, 0.3) is 11.8 Å². The molecule has 0 unspecified atom stereocenters. The minimum atomic E-state index is -0.545. The van der Waals surface area contributed by atoms with Crippen LogP contribution in [0.15, 0.2) is 42.5 Å². The van der Waals surface area contributed by atoms with Crippen LogP contribution in [0.1, 0.15) is 44.1 Å². The zero-order valence-corrected chi connectivity index (χ0v) is 18.3. The molecule has 0 atom stereocenters. The van der Waals surface area contributed by atoms with Crippen molar-refractivity contribution in [3.05, 3.63) is 65.2 Å². The van der Waals surface area contributed by atoms with Crippen LogP contribution in [0.3, 0.4) is 0 Å². The summed E-state index contributed by atoms with van der Waals surface area (Å²) in [6.45, 7) is 3.04. The maximum Gasteiger partial charge on any atom is 0.376 e. The summed E-state index contributed by atoms with van der Waals surface area (Å²) >= 11 is 0. The van der Waals surface area contributed by atoms with E-state index in [9.17, 15) is 14.4 Å². The first-order chi connectivity index (χ1) is 16.5. The molecular formula is C23H21N7O4. The van der Waals surface area contributed by atoms with Crippen molar-refractivity contribution in [3.8, 4) is 11.4 Å². The SMILES string of the molecule is CCOC(=O)c1nnc2n1CCN(C(=O)c1ccc(-c3nc4c(C(N)=O)cccc4[nH]3)cc1)C2. The first-order valence-electron chi connectivity index (χ1n) is 10.7. The van der Waals surface area contributed by atoms with E-state index in [1.54, 1.807) is 52.8 Å². The van der Waals surface area contributed by atoms with Gasteiger partial charge in [0.05, 0.1) is 24.2 Å². The number of nitrogens with two attached hydrogens (primary N) is 1. The van der Waals surface area contributed by atoms with Gasteiger partial charge in [0.15, 0.2) is 5.82 Å². The molecule has 2 aromatic carbocycles. The number of ether oxygens (including phenoxy) is 1. The van der Waals surface area contributed by atoms with E-state index in [1.807, 2.05) is 6.07 Å². The smallest absolute Gasteiger partial charge is 0.376 e. The molecule has 0 saturated carbocycles. The Morgan fingerprint density at radius 1 is 1.09 bits per heavy atom. The lowest BCUT2D eigenvalue weighted by molar-refractivity contribution is 0.0501. The van der Waals surface area contributed by atoms with E-state index in [2.05, 4.69) is 20.2 Å². The van der Waals surface area contributed by atoms with Gasteiger partial charge in [-0.25, -0.2) is 9.78 Å². The van der Waals surface area contributed by atoms with Crippen molar-refractivity contribution in [3.63, 3.8) is 0 Å². The first-order valence-corrected chi connectivity index (χ1v) is 10.7. The second-order valence-electron chi connectivity index (χ2n) is 7.77. The topological polar surface area (TPSA) is 149 Å². The van der Waals surface area contributed by atoms with Crippen LogP contribution in [0.4, 0.5) is 0 Å². The third-order valence-electron chi connectivity index (χ3n) is 5.68. The largest absolute Gasteiger partial charge is 0.460 e. The van der Waals surface area contributed by atoms with Gasteiger partial charge in [0.1, 0.15) is 11.3 Å². The van der Waals surface area contributed by atoms with E-state index in [0.717, 1.165) is 5.56 Å². The molecule has 1 aliphatic heterocycles. The van der Waals surface area contributed by atoms with Crippen molar-refractivity contribution >= 4 is 28.8 Å². The van der Waals surface area contributed by atoms with Gasteiger partial charge in [0.2, 0.25) is 5.82 Å². The minimum absolute atomic E-state index is 0.152. The fourth-order valence-electron chi connectivity index (χ4n) is 4.00. The maximum atomic E-state index is 13.1. The average molecular weight is 459 g/mol. The molecular weight excluding hydrogens is 438 g/mol. The zero-order chi connectivity index (χ0) is 23.8.